The van der Waals surface area contributed by atoms with Crippen LogP contribution in [0.25, 0.3) is 0 Å². The van der Waals surface area contributed by atoms with E-state index in [1.54, 1.807) is 36.1 Å². The van der Waals surface area contributed by atoms with Crippen LogP contribution in [0.5, 0.6) is 0 Å². The second-order valence-electron chi connectivity index (χ2n) is 6.08. The van der Waals surface area contributed by atoms with E-state index in [0.29, 0.717) is 16.8 Å². The van der Waals surface area contributed by atoms with Crippen molar-refractivity contribution in [2.45, 2.75) is 6.92 Å². The molecule has 0 aliphatic carbocycles. The van der Waals surface area contributed by atoms with Crippen molar-refractivity contribution in [2.24, 2.45) is 12.1 Å². The first-order valence-electron chi connectivity index (χ1n) is 8.43. The van der Waals surface area contributed by atoms with E-state index in [0.717, 1.165) is 11.3 Å². The van der Waals surface area contributed by atoms with Gasteiger partial charge in [0.25, 0.3) is 11.8 Å². The molecule has 8 heteroatoms. The Kier molecular flexibility index (Phi) is 5.59. The molecule has 0 radical (unpaired) electrons. The number of amides is 2. The van der Waals surface area contributed by atoms with Crippen LogP contribution in [0.4, 0.5) is 10.1 Å². The van der Waals surface area contributed by atoms with Gasteiger partial charge in [0.05, 0.1) is 11.9 Å². The predicted molar refractivity (Wildman–Crippen MR) is 104 cm³/mol. The number of aryl methyl sites for hydroxylation is 2. The highest BCUT2D eigenvalue weighted by Gasteiger charge is 2.09. The summed E-state index contributed by atoms with van der Waals surface area (Å²) in [5.74, 6) is -1.24. The van der Waals surface area contributed by atoms with Crippen molar-refractivity contribution in [3.63, 3.8) is 0 Å². The monoisotopic (exact) mass is 379 g/mol. The van der Waals surface area contributed by atoms with Crippen molar-refractivity contribution in [1.82, 2.24) is 15.2 Å². The van der Waals surface area contributed by atoms with E-state index in [9.17, 15) is 14.0 Å². The minimum atomic E-state index is -0.421. The van der Waals surface area contributed by atoms with E-state index in [-0.39, 0.29) is 0 Å². The molecule has 1 aromatic heterocycles. The number of nitrogens with one attached hydrogen (secondary N) is 2. The lowest BCUT2D eigenvalue weighted by Gasteiger charge is -2.07. The number of benzene rings is 2. The molecule has 0 aliphatic heterocycles. The van der Waals surface area contributed by atoms with Gasteiger partial charge < -0.3 is 5.32 Å². The molecular formula is C20H18FN5O2. The van der Waals surface area contributed by atoms with Gasteiger partial charge in [-0.25, -0.2) is 9.82 Å². The van der Waals surface area contributed by atoms with Crippen LogP contribution in [0.1, 0.15) is 32.0 Å². The summed E-state index contributed by atoms with van der Waals surface area (Å²) >= 11 is 0. The highest BCUT2D eigenvalue weighted by Crippen LogP contribution is 2.13. The van der Waals surface area contributed by atoms with E-state index >= 15 is 0 Å². The summed E-state index contributed by atoms with van der Waals surface area (Å²) in [5, 5.41) is 10.8. The minimum Gasteiger partial charge on any atom is -0.322 e. The lowest BCUT2D eigenvalue weighted by Crippen LogP contribution is -2.18. The molecule has 0 bridgehead atoms. The van der Waals surface area contributed by atoms with Gasteiger partial charge in [0.1, 0.15) is 5.82 Å². The van der Waals surface area contributed by atoms with Crippen LogP contribution in [0.2, 0.25) is 0 Å². The molecule has 0 aliphatic rings. The Balaban J connectivity index is 1.65. The number of anilines is 1. The van der Waals surface area contributed by atoms with Crippen LogP contribution in [0.15, 0.2) is 59.8 Å². The Morgan fingerprint density at radius 3 is 2.54 bits per heavy atom. The standard InChI is InChI=1S/C20H18FN5O2/c1-13-16(12-26(2)25-13)11-22-24-20(28)15-4-3-5-18(10-15)23-19(27)14-6-8-17(21)9-7-14/h3-12H,1-2H3,(H,23,27)(H,24,28)/b22-11+. The maximum absolute atomic E-state index is 13.0. The lowest BCUT2D eigenvalue weighted by molar-refractivity contribution is 0.0953. The van der Waals surface area contributed by atoms with Gasteiger partial charge in [-0.1, -0.05) is 6.07 Å². The molecule has 2 aromatic carbocycles. The summed E-state index contributed by atoms with van der Waals surface area (Å²) in [4.78, 5) is 24.5. The number of hydrazone groups is 1. The van der Waals surface area contributed by atoms with Gasteiger partial charge in [-0.15, -0.1) is 0 Å². The smallest absolute Gasteiger partial charge is 0.271 e. The molecule has 0 saturated heterocycles. The number of hydrogen-bond donors (Lipinski definition) is 2. The first-order chi connectivity index (χ1) is 13.4. The van der Waals surface area contributed by atoms with E-state index in [2.05, 4.69) is 20.9 Å². The second-order valence-corrected chi connectivity index (χ2v) is 6.08. The fraction of sp³-hybridized carbons (Fsp3) is 0.100. The maximum atomic E-state index is 13.0. The Morgan fingerprint density at radius 1 is 1.11 bits per heavy atom. The van der Waals surface area contributed by atoms with Gasteiger partial charge in [0.2, 0.25) is 0 Å². The molecule has 7 nitrogen and oxygen atoms in total. The average Bonchev–Trinajstić information content (AvgIpc) is 2.99. The summed E-state index contributed by atoms with van der Waals surface area (Å²) < 4.78 is 14.6. The molecule has 2 N–H and O–H groups in total. The Labute approximate surface area is 160 Å². The zero-order valence-electron chi connectivity index (χ0n) is 15.3. The van der Waals surface area contributed by atoms with Crippen molar-refractivity contribution < 1.29 is 14.0 Å². The van der Waals surface area contributed by atoms with Crippen LogP contribution in [0.3, 0.4) is 0 Å². The third kappa shape index (κ3) is 4.67. The first-order valence-corrected chi connectivity index (χ1v) is 8.43. The summed E-state index contributed by atoms with van der Waals surface area (Å²) in [7, 11) is 1.80. The Morgan fingerprint density at radius 2 is 1.86 bits per heavy atom. The first kappa shape index (κ1) is 19.0. The molecule has 0 atom stereocenters. The van der Waals surface area contributed by atoms with Gasteiger partial charge in [0.15, 0.2) is 0 Å². The number of hydrogen-bond acceptors (Lipinski definition) is 4. The molecule has 1 heterocycles. The van der Waals surface area contributed by atoms with Crippen LogP contribution in [-0.2, 0) is 7.05 Å². The van der Waals surface area contributed by atoms with Crippen molar-refractivity contribution in [1.29, 1.82) is 0 Å². The number of rotatable bonds is 5. The molecule has 0 saturated carbocycles. The fourth-order valence-electron chi connectivity index (χ4n) is 2.51. The zero-order chi connectivity index (χ0) is 20.1. The minimum absolute atomic E-state index is 0.313. The molecule has 28 heavy (non-hydrogen) atoms. The zero-order valence-corrected chi connectivity index (χ0v) is 15.3. The molecular weight excluding hydrogens is 361 g/mol. The van der Waals surface area contributed by atoms with Gasteiger partial charge in [-0.2, -0.15) is 10.2 Å². The normalized spacial score (nSPS) is 10.8. The van der Waals surface area contributed by atoms with Crippen LogP contribution in [0, 0.1) is 12.7 Å². The van der Waals surface area contributed by atoms with E-state index < -0.39 is 17.6 Å². The van der Waals surface area contributed by atoms with Gasteiger partial charge in [-0.3, -0.25) is 14.3 Å². The molecule has 0 fully saturated rings. The third-order valence-electron chi connectivity index (χ3n) is 3.91. The molecule has 0 unspecified atom stereocenters. The van der Waals surface area contributed by atoms with E-state index in [1.807, 2.05) is 6.92 Å². The largest absolute Gasteiger partial charge is 0.322 e. The molecule has 0 spiro atoms. The Hall–Kier alpha value is -3.81. The lowest BCUT2D eigenvalue weighted by atomic mass is 10.1. The van der Waals surface area contributed by atoms with Gasteiger partial charge in [0, 0.05) is 35.6 Å². The third-order valence-corrected chi connectivity index (χ3v) is 3.91. The van der Waals surface area contributed by atoms with Crippen molar-refractivity contribution in [3.05, 3.63) is 82.9 Å². The van der Waals surface area contributed by atoms with Crippen molar-refractivity contribution in [3.8, 4) is 0 Å². The van der Waals surface area contributed by atoms with Crippen LogP contribution in [-0.4, -0.2) is 27.8 Å². The second kappa shape index (κ2) is 8.26. The quantitative estimate of drug-likeness (QED) is 0.528. The maximum Gasteiger partial charge on any atom is 0.271 e. The van der Waals surface area contributed by atoms with Gasteiger partial charge in [-0.05, 0) is 49.4 Å². The SMILES string of the molecule is Cc1nn(C)cc1/C=N/NC(=O)c1cccc(NC(=O)c2ccc(F)cc2)c1. The summed E-state index contributed by atoms with van der Waals surface area (Å²) in [5.41, 5.74) is 5.12. The van der Waals surface area contributed by atoms with E-state index in [4.69, 9.17) is 0 Å². The highest BCUT2D eigenvalue weighted by molar-refractivity contribution is 6.05. The molecule has 3 aromatic rings. The number of nitrogens with zero attached hydrogens (tertiary/aromatic N) is 3. The van der Waals surface area contributed by atoms with E-state index in [1.165, 1.54) is 36.5 Å². The topological polar surface area (TPSA) is 88.4 Å². The fourth-order valence-corrected chi connectivity index (χ4v) is 2.51. The van der Waals surface area contributed by atoms with Crippen molar-refractivity contribution in [2.75, 3.05) is 5.32 Å². The van der Waals surface area contributed by atoms with Crippen molar-refractivity contribution >= 4 is 23.7 Å². The predicted octanol–water partition coefficient (Wildman–Crippen LogP) is 2.88. The Bertz CT molecular complexity index is 1040. The van der Waals surface area contributed by atoms with Gasteiger partial charge >= 0.3 is 0 Å². The number of halogens is 1. The summed E-state index contributed by atoms with van der Waals surface area (Å²) in [6.45, 7) is 1.84. The molecule has 3 rings (SSSR count). The van der Waals surface area contributed by atoms with Crippen LogP contribution >= 0.6 is 0 Å². The average molecular weight is 379 g/mol. The van der Waals surface area contributed by atoms with Crippen LogP contribution < -0.4 is 10.7 Å². The molecule has 142 valence electrons. The highest BCUT2D eigenvalue weighted by atomic mass is 19.1. The summed E-state index contributed by atoms with van der Waals surface area (Å²) in [6, 6.07) is 11.6. The molecule has 2 amide bonds. The number of carbonyl (C=O) groups is 2. The number of carbonyl (C=O) groups excluding carboxylic acids is 2. The summed E-state index contributed by atoms with van der Waals surface area (Å²) in [6.07, 6.45) is 3.30. The number of aromatic nitrogens is 2.